The molecule has 0 radical (unpaired) electrons. The molecular formula is C36H55BrMgN4O8. The molecule has 0 saturated heterocycles. The van der Waals surface area contributed by atoms with Crippen LogP contribution in [0.25, 0.3) is 0 Å². The molecule has 0 unspecified atom stereocenters. The first kappa shape index (κ1) is 51.1. The maximum absolute atomic E-state index is 12.6. The maximum Gasteiger partial charge on any atom is 2.00 e. The molecular weight excluding hydrogens is 721 g/mol. The zero-order valence-corrected chi connectivity index (χ0v) is 35.7. The van der Waals surface area contributed by atoms with E-state index in [1.165, 1.54) is 11.1 Å². The van der Waals surface area contributed by atoms with Crippen molar-refractivity contribution >= 4 is 53.1 Å². The summed E-state index contributed by atoms with van der Waals surface area (Å²) in [5.74, 6) is 0. The topological polar surface area (TPSA) is 145 Å². The molecule has 0 spiro atoms. The number of rotatable bonds is 1. The Hall–Kier alpha value is -3.23. The second kappa shape index (κ2) is 21.9. The summed E-state index contributed by atoms with van der Waals surface area (Å²) in [6.07, 6.45) is -3.24. The van der Waals surface area contributed by atoms with Gasteiger partial charge in [0.25, 0.3) is 0 Å². The van der Waals surface area contributed by atoms with Crippen LogP contribution in [0, 0.1) is 33.8 Å². The van der Waals surface area contributed by atoms with Crippen molar-refractivity contribution in [3.63, 3.8) is 0 Å². The van der Waals surface area contributed by atoms with E-state index in [0.717, 1.165) is 16.1 Å². The average molecular weight is 776 g/mol. The molecule has 1 N–H and O–H groups in total. The molecule has 2 aromatic rings. The number of hydrogen-bond acceptors (Lipinski definition) is 8. The van der Waals surface area contributed by atoms with Gasteiger partial charge in [0, 0.05) is 0 Å². The fourth-order valence-corrected chi connectivity index (χ4v) is 3.13. The quantitative estimate of drug-likeness (QED) is 0.113. The summed E-state index contributed by atoms with van der Waals surface area (Å²) in [6, 6.07) is 14.6. The maximum atomic E-state index is 12.6. The number of halogens is 1. The number of carbonyl (C=O) groups excluding carboxylic acids is 4. The minimum Gasteiger partial charge on any atom is -1.00 e. The molecule has 0 saturated carbocycles. The molecule has 0 bridgehead atoms. The summed E-state index contributed by atoms with van der Waals surface area (Å²) in [5, 5.41) is 7.25. The van der Waals surface area contributed by atoms with Gasteiger partial charge in [0.1, 0.15) is 22.4 Å². The molecule has 14 heteroatoms. The van der Waals surface area contributed by atoms with Crippen LogP contribution < -0.4 is 27.4 Å². The molecule has 50 heavy (non-hydrogen) atoms. The third-order valence-corrected chi connectivity index (χ3v) is 5.33. The predicted octanol–water partition coefficient (Wildman–Crippen LogP) is 6.52. The number of benzene rings is 2. The summed E-state index contributed by atoms with van der Waals surface area (Å²) >= 11 is 0. The molecule has 276 valence electrons. The van der Waals surface area contributed by atoms with Crippen LogP contribution >= 0.6 is 0 Å². The van der Waals surface area contributed by atoms with Crippen molar-refractivity contribution in [2.75, 3.05) is 5.01 Å². The van der Waals surface area contributed by atoms with E-state index in [2.05, 4.69) is 41.6 Å². The largest absolute Gasteiger partial charge is 2.00 e. The average Bonchev–Trinajstić information content (AvgIpc) is 2.86. The molecule has 0 heterocycles. The molecule has 0 aromatic heterocycles. The minimum absolute atomic E-state index is 0. The molecule has 0 aliphatic heterocycles. The fraction of sp³-hybridized carbons (Fsp3) is 0.556. The van der Waals surface area contributed by atoms with E-state index in [1.54, 1.807) is 89.2 Å². The van der Waals surface area contributed by atoms with Crippen LogP contribution in [0.4, 0.5) is 24.9 Å². The predicted molar refractivity (Wildman–Crippen MR) is 192 cm³/mol. The molecule has 2 rings (SSSR count). The van der Waals surface area contributed by atoms with Crippen molar-refractivity contribution in [1.29, 1.82) is 0 Å². The van der Waals surface area contributed by atoms with Gasteiger partial charge in [0.2, 0.25) is 0 Å². The molecule has 0 aliphatic rings. The number of amides is 4. The second-order valence-electron chi connectivity index (χ2n) is 14.8. The third kappa shape index (κ3) is 24.8. The van der Waals surface area contributed by atoms with Crippen molar-refractivity contribution in [2.45, 2.75) is 133 Å². The molecule has 2 aromatic carbocycles. The second-order valence-corrected chi connectivity index (χ2v) is 14.8. The van der Waals surface area contributed by atoms with E-state index in [9.17, 15) is 19.2 Å². The number of nitrogens with zero attached hydrogens (tertiary/aromatic N) is 3. The first-order chi connectivity index (χ1) is 21.6. The number of hydrogen-bond donors (Lipinski definition) is 1. The van der Waals surface area contributed by atoms with Gasteiger partial charge in [-0.15, -0.1) is 0 Å². The summed E-state index contributed by atoms with van der Waals surface area (Å²) in [7, 11) is 0. The van der Waals surface area contributed by atoms with Crippen molar-refractivity contribution in [2.24, 2.45) is 10.2 Å². The van der Waals surface area contributed by atoms with Gasteiger partial charge in [-0.1, -0.05) is 36.2 Å². The molecule has 0 fully saturated rings. The van der Waals surface area contributed by atoms with Crippen molar-refractivity contribution in [3.05, 3.63) is 64.7 Å². The van der Waals surface area contributed by atoms with Crippen molar-refractivity contribution < 1.29 is 55.1 Å². The van der Waals surface area contributed by atoms with Crippen LogP contribution in [-0.4, -0.2) is 69.8 Å². The molecule has 0 aliphatic carbocycles. The van der Waals surface area contributed by atoms with Gasteiger partial charge < -0.3 is 35.9 Å². The minimum atomic E-state index is -0.918. The zero-order valence-electron chi connectivity index (χ0n) is 32.7. The number of aryl methyl sites for hydroxylation is 3. The smallest absolute Gasteiger partial charge is 1.00 e. The van der Waals surface area contributed by atoms with Gasteiger partial charge in [-0.2, -0.15) is 40.4 Å². The normalized spacial score (nSPS) is 11.1. The molecule has 0 atom stereocenters. The standard InChI is InChI=1S/C18H28N2O4.C10H18N2O4.C8H9.BrH.Mg/c1-12-10-9-11-14(13(12)2)20(16(22)24-18(6,7)8)19-15(21)23-17(3,4)5;1-9(2,3)15-7(13)11-12-8(14)16-10(4,5)6;1-7-5-3-4-6-8(7)2;;/h9-11H,1-8H3,(H,19,21);1-6H3;3-5H,1-2H3;1H;/q;;-1;;+2/p-1. The van der Waals surface area contributed by atoms with E-state index >= 15 is 0 Å². The monoisotopic (exact) mass is 774 g/mol. The van der Waals surface area contributed by atoms with Gasteiger partial charge in [0.05, 0.1) is 5.69 Å². The first-order valence-corrected chi connectivity index (χ1v) is 15.5. The Labute approximate surface area is 325 Å². The van der Waals surface area contributed by atoms with E-state index in [1.807, 2.05) is 38.1 Å². The molecule has 4 amide bonds. The van der Waals surface area contributed by atoms with Crippen molar-refractivity contribution in [1.82, 2.24) is 5.43 Å². The van der Waals surface area contributed by atoms with Crippen LogP contribution in [0.1, 0.15) is 105 Å². The van der Waals surface area contributed by atoms with Gasteiger partial charge in [0.15, 0.2) is 0 Å². The number of ether oxygens (including phenoxy) is 4. The Morgan fingerprint density at radius 3 is 1.42 bits per heavy atom. The number of azo groups is 1. The summed E-state index contributed by atoms with van der Waals surface area (Å²) < 4.78 is 20.3. The van der Waals surface area contributed by atoms with E-state index in [0.29, 0.717) is 5.69 Å². The van der Waals surface area contributed by atoms with Gasteiger partial charge in [-0.25, -0.2) is 24.6 Å². The molecule has 12 nitrogen and oxygen atoms in total. The van der Waals surface area contributed by atoms with Crippen LogP contribution in [0.2, 0.25) is 0 Å². The zero-order chi connectivity index (χ0) is 37.7. The van der Waals surface area contributed by atoms with Crippen LogP contribution in [-0.2, 0) is 18.9 Å². The number of anilines is 1. The Balaban J connectivity index is -0.000000731. The van der Waals surface area contributed by atoms with Crippen LogP contribution in [0.5, 0.6) is 0 Å². The Bertz CT molecular complexity index is 1370. The number of nitrogens with one attached hydrogen (secondary N) is 1. The van der Waals surface area contributed by atoms with Crippen LogP contribution in [0.3, 0.4) is 0 Å². The summed E-state index contributed by atoms with van der Waals surface area (Å²) in [5.41, 5.74) is 4.73. The Kier molecular flexibility index (Phi) is 22.4. The first-order valence-electron chi connectivity index (χ1n) is 15.5. The Morgan fingerprint density at radius 2 is 1.06 bits per heavy atom. The van der Waals surface area contributed by atoms with Crippen LogP contribution in [0.15, 0.2) is 46.6 Å². The van der Waals surface area contributed by atoms with E-state index < -0.39 is 46.8 Å². The third-order valence-electron chi connectivity index (χ3n) is 5.33. The summed E-state index contributed by atoms with van der Waals surface area (Å²) in [4.78, 5) is 46.8. The van der Waals surface area contributed by atoms with Crippen molar-refractivity contribution in [3.8, 4) is 0 Å². The van der Waals surface area contributed by atoms with Gasteiger partial charge >= 0.3 is 47.4 Å². The van der Waals surface area contributed by atoms with E-state index in [4.69, 9.17) is 18.9 Å². The fourth-order valence-electron chi connectivity index (χ4n) is 3.13. The van der Waals surface area contributed by atoms with E-state index in [-0.39, 0.29) is 40.0 Å². The van der Waals surface area contributed by atoms with Gasteiger partial charge in [-0.05, 0) is 114 Å². The number of hydrazine groups is 1. The van der Waals surface area contributed by atoms with Gasteiger partial charge in [-0.3, -0.25) is 0 Å². The summed E-state index contributed by atoms with van der Waals surface area (Å²) in [6.45, 7) is 28.6. The Morgan fingerprint density at radius 1 is 0.640 bits per heavy atom. The number of carbonyl (C=O) groups is 4. The SMILES string of the molecule is CC(C)(C)OC(=O)N=NC(=O)OC(C)(C)C.Cc1[c-]cccc1C.Cc1cccc(N(NC(=O)OC(C)(C)C)C(=O)OC(C)(C)C)c1C.[Br-].[Mg+2].